The highest BCUT2D eigenvalue weighted by Gasteiger charge is 2.12. The second kappa shape index (κ2) is 35.4. The standard InChI is InChI=1S/C38H74O5/c1-3-5-7-9-11-13-15-16-17-18-19-20-21-22-23-25-27-29-31-33-38(41)43-35-36(39)34-42-37(40)32-30-28-26-24-14-12-10-8-6-4-2/h36,39H,3-35H2,1-2H3/t36-/m1/s1. The molecule has 0 amide bonds. The molecule has 0 aliphatic heterocycles. The molecule has 5 nitrogen and oxygen atoms in total. The fourth-order valence-electron chi connectivity index (χ4n) is 5.68. The molecule has 0 bridgehead atoms. The molecule has 1 N–H and O–H groups in total. The number of rotatable bonds is 35. The summed E-state index contributed by atoms with van der Waals surface area (Å²) in [6.45, 7) is 4.31. The van der Waals surface area contributed by atoms with Crippen molar-refractivity contribution in [2.75, 3.05) is 13.2 Å². The van der Waals surface area contributed by atoms with Crippen LogP contribution in [0, 0.1) is 0 Å². The molecule has 0 aliphatic rings. The lowest BCUT2D eigenvalue weighted by atomic mass is 10.0. The second-order valence-electron chi connectivity index (χ2n) is 13.1. The Morgan fingerprint density at radius 1 is 0.395 bits per heavy atom. The van der Waals surface area contributed by atoms with Gasteiger partial charge in [0.05, 0.1) is 0 Å². The number of aliphatic hydroxyl groups excluding tert-OH is 1. The third-order valence-electron chi connectivity index (χ3n) is 8.59. The molecule has 43 heavy (non-hydrogen) atoms. The Hall–Kier alpha value is -1.10. The van der Waals surface area contributed by atoms with Gasteiger partial charge >= 0.3 is 11.9 Å². The maximum atomic E-state index is 11.9. The van der Waals surface area contributed by atoms with Crippen molar-refractivity contribution in [3.63, 3.8) is 0 Å². The van der Waals surface area contributed by atoms with Crippen LogP contribution in [-0.4, -0.2) is 36.4 Å². The van der Waals surface area contributed by atoms with Crippen LogP contribution >= 0.6 is 0 Å². The average Bonchev–Trinajstić information content (AvgIpc) is 3.01. The number of aliphatic hydroxyl groups is 1. The molecule has 1 atom stereocenters. The van der Waals surface area contributed by atoms with Crippen molar-refractivity contribution < 1.29 is 24.2 Å². The maximum Gasteiger partial charge on any atom is 0.305 e. The molecule has 0 aromatic rings. The van der Waals surface area contributed by atoms with E-state index in [1.165, 1.54) is 161 Å². The molecule has 0 saturated heterocycles. The van der Waals surface area contributed by atoms with Gasteiger partial charge in [0.25, 0.3) is 0 Å². The van der Waals surface area contributed by atoms with Gasteiger partial charge in [-0.2, -0.15) is 0 Å². The molecular weight excluding hydrogens is 536 g/mol. The summed E-state index contributed by atoms with van der Waals surface area (Å²) in [6.07, 6.45) is 37.3. The molecule has 0 spiro atoms. The highest BCUT2D eigenvalue weighted by atomic mass is 16.6. The minimum Gasteiger partial charge on any atom is -0.463 e. The number of hydrogen-bond acceptors (Lipinski definition) is 5. The Morgan fingerprint density at radius 3 is 0.837 bits per heavy atom. The van der Waals surface area contributed by atoms with E-state index in [2.05, 4.69) is 13.8 Å². The number of carbonyl (C=O) groups excluding carboxylic acids is 2. The Balaban J connectivity index is 3.35. The third-order valence-corrected chi connectivity index (χ3v) is 8.59. The molecule has 0 rings (SSSR count). The summed E-state index contributed by atoms with van der Waals surface area (Å²) in [6, 6.07) is 0. The normalized spacial score (nSPS) is 12.0. The van der Waals surface area contributed by atoms with E-state index in [-0.39, 0.29) is 25.2 Å². The van der Waals surface area contributed by atoms with Crippen molar-refractivity contribution in [1.29, 1.82) is 0 Å². The van der Waals surface area contributed by atoms with Gasteiger partial charge in [-0.05, 0) is 12.8 Å². The third kappa shape index (κ3) is 35.3. The summed E-state index contributed by atoms with van der Waals surface area (Å²) in [5.74, 6) is -0.554. The lowest BCUT2D eigenvalue weighted by Gasteiger charge is -2.12. The van der Waals surface area contributed by atoms with Crippen molar-refractivity contribution >= 4 is 11.9 Å². The summed E-state index contributed by atoms with van der Waals surface area (Å²) < 4.78 is 10.3. The fourth-order valence-corrected chi connectivity index (χ4v) is 5.68. The Bertz CT molecular complexity index is 579. The van der Waals surface area contributed by atoms with E-state index in [1.807, 2.05) is 0 Å². The van der Waals surface area contributed by atoms with E-state index in [9.17, 15) is 14.7 Å². The summed E-state index contributed by atoms with van der Waals surface area (Å²) in [7, 11) is 0. The van der Waals surface area contributed by atoms with Crippen LogP contribution in [0.4, 0.5) is 0 Å². The first-order valence-corrected chi connectivity index (χ1v) is 19.1. The minimum atomic E-state index is -0.953. The van der Waals surface area contributed by atoms with Crippen LogP contribution in [0.15, 0.2) is 0 Å². The number of unbranched alkanes of at least 4 members (excludes halogenated alkanes) is 27. The average molecular weight is 611 g/mol. The quantitative estimate of drug-likeness (QED) is 0.0571. The molecule has 0 aromatic heterocycles. The molecule has 0 aliphatic carbocycles. The topological polar surface area (TPSA) is 72.8 Å². The number of hydrogen-bond donors (Lipinski definition) is 1. The maximum absolute atomic E-state index is 11.9. The molecule has 0 unspecified atom stereocenters. The van der Waals surface area contributed by atoms with Gasteiger partial charge in [-0.3, -0.25) is 9.59 Å². The van der Waals surface area contributed by atoms with Gasteiger partial charge in [0.2, 0.25) is 0 Å². The zero-order valence-corrected chi connectivity index (χ0v) is 29.0. The molecule has 0 radical (unpaired) electrons. The Morgan fingerprint density at radius 2 is 0.605 bits per heavy atom. The van der Waals surface area contributed by atoms with Gasteiger partial charge in [0, 0.05) is 12.8 Å². The van der Waals surface area contributed by atoms with Gasteiger partial charge in [0.1, 0.15) is 19.3 Å². The monoisotopic (exact) mass is 611 g/mol. The van der Waals surface area contributed by atoms with Crippen molar-refractivity contribution in [2.24, 2.45) is 0 Å². The van der Waals surface area contributed by atoms with E-state index in [4.69, 9.17) is 9.47 Å². The van der Waals surface area contributed by atoms with Crippen LogP contribution in [0.3, 0.4) is 0 Å². The predicted molar refractivity (Wildman–Crippen MR) is 182 cm³/mol. The van der Waals surface area contributed by atoms with Crippen LogP contribution in [0.5, 0.6) is 0 Å². The SMILES string of the molecule is CCCCCCCCCCCCCCCCCCCCCC(=O)OC[C@H](O)COC(=O)CCCCCCCCCCCC. The Kier molecular flexibility index (Phi) is 34.5. The van der Waals surface area contributed by atoms with Crippen molar-refractivity contribution in [3.8, 4) is 0 Å². The highest BCUT2D eigenvalue weighted by molar-refractivity contribution is 5.69. The molecule has 256 valence electrons. The summed E-state index contributed by atoms with van der Waals surface area (Å²) >= 11 is 0. The van der Waals surface area contributed by atoms with E-state index >= 15 is 0 Å². The first kappa shape index (κ1) is 41.9. The first-order chi connectivity index (χ1) is 21.1. The zero-order chi connectivity index (χ0) is 31.5. The summed E-state index contributed by atoms with van der Waals surface area (Å²) in [5.41, 5.74) is 0. The van der Waals surface area contributed by atoms with Crippen LogP contribution in [0.2, 0.25) is 0 Å². The molecule has 5 heteroatoms. The molecule has 0 fully saturated rings. The van der Waals surface area contributed by atoms with Gasteiger partial charge in [-0.25, -0.2) is 0 Å². The van der Waals surface area contributed by atoms with Crippen LogP contribution in [-0.2, 0) is 19.1 Å². The van der Waals surface area contributed by atoms with Crippen LogP contribution in [0.25, 0.3) is 0 Å². The lowest BCUT2D eigenvalue weighted by molar-refractivity contribution is -0.152. The van der Waals surface area contributed by atoms with Gasteiger partial charge < -0.3 is 14.6 Å². The smallest absolute Gasteiger partial charge is 0.305 e. The summed E-state index contributed by atoms with van der Waals surface area (Å²) in [4.78, 5) is 23.8. The van der Waals surface area contributed by atoms with E-state index in [0.717, 1.165) is 25.7 Å². The molecular formula is C38H74O5. The van der Waals surface area contributed by atoms with E-state index in [0.29, 0.717) is 12.8 Å². The highest BCUT2D eigenvalue weighted by Crippen LogP contribution is 2.15. The number of carbonyl (C=O) groups is 2. The van der Waals surface area contributed by atoms with E-state index < -0.39 is 6.10 Å². The zero-order valence-electron chi connectivity index (χ0n) is 29.0. The van der Waals surface area contributed by atoms with Crippen LogP contribution < -0.4 is 0 Å². The fraction of sp³-hybridized carbons (Fsp3) is 0.947. The van der Waals surface area contributed by atoms with Crippen molar-refractivity contribution in [2.45, 2.75) is 219 Å². The number of ether oxygens (including phenoxy) is 2. The number of esters is 2. The van der Waals surface area contributed by atoms with Gasteiger partial charge in [-0.1, -0.05) is 187 Å². The largest absolute Gasteiger partial charge is 0.463 e. The van der Waals surface area contributed by atoms with Crippen molar-refractivity contribution in [3.05, 3.63) is 0 Å². The molecule has 0 saturated carbocycles. The van der Waals surface area contributed by atoms with E-state index in [1.54, 1.807) is 0 Å². The van der Waals surface area contributed by atoms with Crippen molar-refractivity contribution in [1.82, 2.24) is 0 Å². The molecule has 0 heterocycles. The first-order valence-electron chi connectivity index (χ1n) is 19.1. The predicted octanol–water partition coefficient (Wildman–Crippen LogP) is 11.6. The minimum absolute atomic E-state index is 0.108. The van der Waals surface area contributed by atoms with Gasteiger partial charge in [0.15, 0.2) is 0 Å². The van der Waals surface area contributed by atoms with Crippen LogP contribution in [0.1, 0.15) is 213 Å². The van der Waals surface area contributed by atoms with Gasteiger partial charge in [-0.15, -0.1) is 0 Å². The second-order valence-corrected chi connectivity index (χ2v) is 13.1. The summed E-state index contributed by atoms with van der Waals surface area (Å²) in [5, 5.41) is 9.97. The molecule has 0 aromatic carbocycles. The lowest BCUT2D eigenvalue weighted by Crippen LogP contribution is -2.25. The Labute approximate surface area is 268 Å².